The van der Waals surface area contributed by atoms with Crippen LogP contribution in [0.4, 0.5) is 0 Å². The summed E-state index contributed by atoms with van der Waals surface area (Å²) in [5.41, 5.74) is 1.67. The topological polar surface area (TPSA) is 72.9 Å². The molecule has 1 aliphatic rings. The zero-order valence-electron chi connectivity index (χ0n) is 19.3. The first-order valence-electron chi connectivity index (χ1n) is 10.7. The number of benzene rings is 2. The van der Waals surface area contributed by atoms with E-state index in [0.29, 0.717) is 16.3 Å². The van der Waals surface area contributed by atoms with Crippen molar-refractivity contribution in [3.8, 4) is 0 Å². The summed E-state index contributed by atoms with van der Waals surface area (Å²) < 4.78 is 11.0. The van der Waals surface area contributed by atoms with Crippen molar-refractivity contribution in [3.63, 3.8) is 0 Å². The van der Waals surface area contributed by atoms with Gasteiger partial charge in [0.2, 0.25) is 5.91 Å². The van der Waals surface area contributed by atoms with Crippen molar-refractivity contribution < 1.29 is 23.9 Å². The van der Waals surface area contributed by atoms with Gasteiger partial charge < -0.3 is 14.4 Å². The molecule has 1 heterocycles. The molecule has 0 radical (unpaired) electrons. The van der Waals surface area contributed by atoms with Crippen LogP contribution in [-0.2, 0) is 30.5 Å². The van der Waals surface area contributed by atoms with E-state index in [2.05, 4.69) is 0 Å². The quantitative estimate of drug-likeness (QED) is 0.556. The first-order chi connectivity index (χ1) is 15.5. The number of hydrogen-bond donors (Lipinski definition) is 0. The van der Waals surface area contributed by atoms with Gasteiger partial charge in [-0.05, 0) is 51.0 Å². The molecule has 0 aliphatic carbocycles. The van der Waals surface area contributed by atoms with E-state index in [0.717, 1.165) is 11.1 Å². The van der Waals surface area contributed by atoms with Crippen molar-refractivity contribution in [2.45, 2.75) is 52.2 Å². The third kappa shape index (κ3) is 6.45. The molecule has 7 heteroatoms. The van der Waals surface area contributed by atoms with E-state index in [9.17, 15) is 14.4 Å². The minimum absolute atomic E-state index is 0.0253. The van der Waals surface area contributed by atoms with E-state index in [1.54, 1.807) is 52.0 Å². The molecule has 174 valence electrons. The Morgan fingerprint density at radius 1 is 1.06 bits per heavy atom. The fourth-order valence-electron chi connectivity index (χ4n) is 3.75. The van der Waals surface area contributed by atoms with Crippen LogP contribution in [0.3, 0.4) is 0 Å². The van der Waals surface area contributed by atoms with E-state index >= 15 is 0 Å². The van der Waals surface area contributed by atoms with E-state index in [1.165, 1.54) is 4.90 Å². The van der Waals surface area contributed by atoms with Crippen LogP contribution < -0.4 is 0 Å². The highest BCUT2D eigenvalue weighted by molar-refractivity contribution is 6.30. The fraction of sp³-hybridized carbons (Fsp3) is 0.346. The normalized spacial score (nSPS) is 16.6. The molecule has 0 bridgehead atoms. The molecule has 0 saturated heterocycles. The Labute approximate surface area is 199 Å². The summed E-state index contributed by atoms with van der Waals surface area (Å²) >= 11 is 6.03. The number of carbonyl (C=O) groups excluding carboxylic acids is 3. The average molecular weight is 470 g/mol. The molecule has 1 unspecified atom stereocenters. The van der Waals surface area contributed by atoms with Crippen LogP contribution >= 0.6 is 11.6 Å². The molecule has 1 aliphatic heterocycles. The van der Waals surface area contributed by atoms with Crippen LogP contribution in [0.1, 0.15) is 51.2 Å². The maximum absolute atomic E-state index is 13.2. The molecule has 2 aromatic rings. The highest BCUT2D eigenvalue weighted by Crippen LogP contribution is 2.37. The second-order valence-corrected chi connectivity index (χ2v) is 9.37. The lowest BCUT2D eigenvalue weighted by Gasteiger charge is -2.34. The number of halogens is 1. The number of allylic oxidation sites excluding steroid dienone is 1. The molecular formula is C26H28ClNO5. The zero-order valence-corrected chi connectivity index (χ0v) is 20.0. The third-order valence-corrected chi connectivity index (χ3v) is 5.49. The molecule has 3 rings (SSSR count). The molecule has 0 N–H and O–H groups in total. The molecule has 1 amide bonds. The van der Waals surface area contributed by atoms with Gasteiger partial charge in [-0.1, -0.05) is 54.1 Å². The molecule has 0 aromatic heterocycles. The van der Waals surface area contributed by atoms with Crippen LogP contribution in [0.5, 0.6) is 0 Å². The minimum atomic E-state index is -0.684. The van der Waals surface area contributed by atoms with Crippen LogP contribution in [0, 0.1) is 0 Å². The number of rotatable bonds is 6. The van der Waals surface area contributed by atoms with Crippen LogP contribution in [-0.4, -0.2) is 34.9 Å². The Bertz CT molecular complexity index is 1050. The highest BCUT2D eigenvalue weighted by atomic mass is 35.5. The number of amides is 1. The molecule has 0 saturated carbocycles. The van der Waals surface area contributed by atoms with Gasteiger partial charge in [0.1, 0.15) is 18.8 Å². The molecule has 0 fully saturated rings. The lowest BCUT2D eigenvalue weighted by Crippen LogP contribution is -2.42. The van der Waals surface area contributed by atoms with E-state index in [1.807, 2.05) is 30.3 Å². The summed E-state index contributed by atoms with van der Waals surface area (Å²) in [6.45, 7) is 6.76. The number of carbonyl (C=O) groups is 3. The standard InChI is InChI=1S/C26H28ClNO5/c1-17-24(25(31)32-16-18-8-6-5-7-9-18)21(19-10-12-20(27)13-11-19)14-22(29)28(17)15-23(30)33-26(2,3)4/h5-13,21H,14-16H2,1-4H3. The summed E-state index contributed by atoms with van der Waals surface area (Å²) in [5, 5.41) is 0.557. The van der Waals surface area contributed by atoms with Crippen LogP contribution in [0.25, 0.3) is 0 Å². The average Bonchev–Trinajstić information content (AvgIpc) is 2.74. The van der Waals surface area contributed by atoms with Crippen molar-refractivity contribution >= 4 is 29.4 Å². The summed E-state index contributed by atoms with van der Waals surface area (Å²) in [7, 11) is 0. The van der Waals surface area contributed by atoms with Gasteiger partial charge in [0.25, 0.3) is 0 Å². The Hall–Kier alpha value is -3.12. The van der Waals surface area contributed by atoms with Gasteiger partial charge in [-0.3, -0.25) is 9.59 Å². The maximum atomic E-state index is 13.2. The Balaban J connectivity index is 1.93. The number of ether oxygens (including phenoxy) is 2. The summed E-state index contributed by atoms with van der Waals surface area (Å²) in [4.78, 5) is 40.0. The highest BCUT2D eigenvalue weighted by Gasteiger charge is 2.38. The fourth-order valence-corrected chi connectivity index (χ4v) is 3.88. The van der Waals surface area contributed by atoms with Gasteiger partial charge in [0.05, 0.1) is 5.57 Å². The molecule has 33 heavy (non-hydrogen) atoms. The number of hydrogen-bond acceptors (Lipinski definition) is 5. The molecular weight excluding hydrogens is 442 g/mol. The van der Waals surface area contributed by atoms with Gasteiger partial charge >= 0.3 is 11.9 Å². The van der Waals surface area contributed by atoms with E-state index in [-0.39, 0.29) is 25.5 Å². The van der Waals surface area contributed by atoms with Gasteiger partial charge in [-0.25, -0.2) is 4.79 Å². The van der Waals surface area contributed by atoms with Crippen molar-refractivity contribution in [2.24, 2.45) is 0 Å². The number of nitrogens with zero attached hydrogens (tertiary/aromatic N) is 1. The van der Waals surface area contributed by atoms with Crippen molar-refractivity contribution in [1.29, 1.82) is 0 Å². The second-order valence-electron chi connectivity index (χ2n) is 8.94. The first-order valence-corrected chi connectivity index (χ1v) is 11.1. The second kappa shape index (κ2) is 10.2. The predicted octanol–water partition coefficient (Wildman–Crippen LogP) is 5.02. The van der Waals surface area contributed by atoms with E-state index < -0.39 is 23.5 Å². The lowest BCUT2D eigenvalue weighted by atomic mass is 9.83. The Morgan fingerprint density at radius 2 is 1.70 bits per heavy atom. The predicted molar refractivity (Wildman–Crippen MR) is 125 cm³/mol. The molecule has 0 spiro atoms. The smallest absolute Gasteiger partial charge is 0.336 e. The Morgan fingerprint density at radius 3 is 2.30 bits per heavy atom. The van der Waals surface area contributed by atoms with Crippen LogP contribution in [0.15, 0.2) is 65.9 Å². The first kappa shape index (κ1) is 24.5. The van der Waals surface area contributed by atoms with Crippen molar-refractivity contribution in [1.82, 2.24) is 4.90 Å². The monoisotopic (exact) mass is 469 g/mol. The maximum Gasteiger partial charge on any atom is 0.336 e. The summed E-state index contributed by atoms with van der Waals surface area (Å²) in [5.74, 6) is -1.85. The lowest BCUT2D eigenvalue weighted by molar-refractivity contribution is -0.158. The zero-order chi connectivity index (χ0) is 24.2. The third-order valence-electron chi connectivity index (χ3n) is 5.24. The van der Waals surface area contributed by atoms with Gasteiger partial charge in [-0.15, -0.1) is 0 Å². The molecule has 2 aromatic carbocycles. The summed E-state index contributed by atoms with van der Waals surface area (Å²) in [6, 6.07) is 16.4. The van der Waals surface area contributed by atoms with Gasteiger partial charge in [0.15, 0.2) is 0 Å². The summed E-state index contributed by atoms with van der Waals surface area (Å²) in [6.07, 6.45) is 0.0253. The number of esters is 2. The largest absolute Gasteiger partial charge is 0.459 e. The molecule has 6 nitrogen and oxygen atoms in total. The SMILES string of the molecule is CC1=C(C(=O)OCc2ccccc2)C(c2ccc(Cl)cc2)CC(=O)N1CC(=O)OC(C)(C)C. The molecule has 1 atom stereocenters. The minimum Gasteiger partial charge on any atom is -0.459 e. The van der Waals surface area contributed by atoms with Crippen molar-refractivity contribution in [2.75, 3.05) is 6.54 Å². The van der Waals surface area contributed by atoms with E-state index in [4.69, 9.17) is 21.1 Å². The van der Waals surface area contributed by atoms with Crippen LogP contribution in [0.2, 0.25) is 5.02 Å². The van der Waals surface area contributed by atoms with Gasteiger partial charge in [0, 0.05) is 23.1 Å². The Kier molecular flexibility index (Phi) is 7.59. The van der Waals surface area contributed by atoms with Gasteiger partial charge in [-0.2, -0.15) is 0 Å². The van der Waals surface area contributed by atoms with Crippen molar-refractivity contribution in [3.05, 3.63) is 82.0 Å².